The maximum atomic E-state index is 12.1. The van der Waals surface area contributed by atoms with E-state index in [0.717, 1.165) is 48.1 Å². The van der Waals surface area contributed by atoms with Crippen LogP contribution in [0.15, 0.2) is 79.8 Å². The van der Waals surface area contributed by atoms with Crippen molar-refractivity contribution in [2.45, 2.75) is 25.4 Å². The number of nitrogens with two attached hydrogens (primary N) is 1. The summed E-state index contributed by atoms with van der Waals surface area (Å²) in [6.45, 7) is 6.12. The number of para-hydroxylation sites is 3. The molecule has 40 heavy (non-hydrogen) atoms. The number of carbonyl (C=O) groups excluding carboxylic acids is 1. The van der Waals surface area contributed by atoms with Gasteiger partial charge in [0, 0.05) is 17.4 Å². The molecule has 1 aliphatic heterocycles. The number of carbonyl (C=O) groups is 1. The van der Waals surface area contributed by atoms with E-state index in [1.54, 1.807) is 6.20 Å². The highest BCUT2D eigenvalue weighted by molar-refractivity contribution is 5.99. The first kappa shape index (κ1) is 25.4. The summed E-state index contributed by atoms with van der Waals surface area (Å²) in [6.07, 6.45) is 8.95. The van der Waals surface area contributed by atoms with Crippen LogP contribution >= 0.6 is 0 Å². The van der Waals surface area contributed by atoms with E-state index in [9.17, 15) is 4.79 Å². The van der Waals surface area contributed by atoms with Gasteiger partial charge in [-0.1, -0.05) is 36.9 Å². The van der Waals surface area contributed by atoms with E-state index in [-0.39, 0.29) is 11.7 Å². The molecule has 2 aromatic carbocycles. The van der Waals surface area contributed by atoms with Crippen molar-refractivity contribution in [3.8, 4) is 22.8 Å². The van der Waals surface area contributed by atoms with Crippen molar-refractivity contribution in [2.75, 3.05) is 31.2 Å². The Morgan fingerprint density at radius 2 is 1.88 bits per heavy atom. The fraction of sp³-hybridized carbons (Fsp3) is 0.233. The van der Waals surface area contributed by atoms with E-state index in [1.807, 2.05) is 65.6 Å². The molecule has 0 unspecified atom stereocenters. The van der Waals surface area contributed by atoms with Gasteiger partial charge in [0.25, 0.3) is 0 Å². The molecule has 1 aliphatic rings. The number of hydrogen-bond donors (Lipinski definition) is 2. The van der Waals surface area contributed by atoms with Gasteiger partial charge in [0.15, 0.2) is 11.6 Å². The highest BCUT2D eigenvalue weighted by Gasteiger charge is 2.22. The number of likely N-dealkylation sites (tertiary alicyclic amines) is 1. The molecular weight excluding hydrogens is 502 g/mol. The third-order valence-corrected chi connectivity index (χ3v) is 7.42. The van der Waals surface area contributed by atoms with Crippen molar-refractivity contribution >= 4 is 28.4 Å². The van der Waals surface area contributed by atoms with E-state index in [4.69, 9.17) is 15.7 Å². The predicted octanol–water partition coefficient (Wildman–Crippen LogP) is 4.38. The summed E-state index contributed by atoms with van der Waals surface area (Å²) in [6, 6.07) is 15.9. The first-order valence-corrected chi connectivity index (χ1v) is 13.3. The summed E-state index contributed by atoms with van der Waals surface area (Å²) in [4.78, 5) is 28.8. The zero-order valence-corrected chi connectivity index (χ0v) is 22.4. The van der Waals surface area contributed by atoms with E-state index >= 15 is 0 Å². The van der Waals surface area contributed by atoms with E-state index in [2.05, 4.69) is 38.5 Å². The lowest BCUT2D eigenvalue weighted by Crippen LogP contribution is -2.31. The number of anilines is 2. The second kappa shape index (κ2) is 10.7. The van der Waals surface area contributed by atoms with Gasteiger partial charge < -0.3 is 20.5 Å². The SMILES string of the molecule is C=CC(=O)Nc1ccccc1Cn1c(-c2nc(-c3cnn(C4CCN(C)CC4)c3)cnc2N)nc2ccccc21. The second-order valence-corrected chi connectivity index (χ2v) is 10.1. The Bertz CT molecular complexity index is 1690. The maximum absolute atomic E-state index is 12.1. The Kier molecular flexibility index (Phi) is 6.83. The highest BCUT2D eigenvalue weighted by Crippen LogP contribution is 2.31. The van der Waals surface area contributed by atoms with E-state index < -0.39 is 0 Å². The summed E-state index contributed by atoms with van der Waals surface area (Å²) < 4.78 is 4.10. The van der Waals surface area contributed by atoms with Gasteiger partial charge in [0.05, 0.1) is 41.7 Å². The molecule has 0 atom stereocenters. The molecule has 5 aromatic rings. The summed E-state index contributed by atoms with van der Waals surface area (Å²) in [7, 11) is 2.15. The lowest BCUT2D eigenvalue weighted by atomic mass is 10.1. The minimum Gasteiger partial charge on any atom is -0.382 e. The summed E-state index contributed by atoms with van der Waals surface area (Å²) >= 11 is 0. The van der Waals surface area contributed by atoms with Crippen LogP contribution in [0.4, 0.5) is 11.5 Å². The van der Waals surface area contributed by atoms with E-state index in [0.29, 0.717) is 35.5 Å². The van der Waals surface area contributed by atoms with Crippen LogP contribution in [0.3, 0.4) is 0 Å². The topological polar surface area (TPSA) is 120 Å². The maximum Gasteiger partial charge on any atom is 0.247 e. The summed E-state index contributed by atoms with van der Waals surface area (Å²) in [5.41, 5.74) is 11.8. The monoisotopic (exact) mass is 533 g/mol. The van der Waals surface area contributed by atoms with Crippen LogP contribution in [0.2, 0.25) is 0 Å². The van der Waals surface area contributed by atoms with Crippen molar-refractivity contribution in [2.24, 2.45) is 0 Å². The van der Waals surface area contributed by atoms with Crippen LogP contribution in [-0.4, -0.2) is 60.2 Å². The van der Waals surface area contributed by atoms with Crippen LogP contribution in [0.25, 0.3) is 33.8 Å². The molecule has 10 nitrogen and oxygen atoms in total. The molecular formula is C30H31N9O. The van der Waals surface area contributed by atoms with Crippen molar-refractivity contribution in [3.63, 3.8) is 0 Å². The number of piperidine rings is 1. The molecule has 1 amide bonds. The quantitative estimate of drug-likeness (QED) is 0.298. The molecule has 1 saturated heterocycles. The van der Waals surface area contributed by atoms with Crippen molar-refractivity contribution in [1.82, 2.24) is 34.2 Å². The Hall–Kier alpha value is -4.83. The van der Waals surface area contributed by atoms with Gasteiger partial charge in [0.2, 0.25) is 5.91 Å². The zero-order chi connectivity index (χ0) is 27.6. The van der Waals surface area contributed by atoms with Gasteiger partial charge >= 0.3 is 0 Å². The first-order chi connectivity index (χ1) is 19.5. The summed E-state index contributed by atoms with van der Waals surface area (Å²) in [5.74, 6) is 0.614. The van der Waals surface area contributed by atoms with Crippen molar-refractivity contribution in [3.05, 3.63) is 85.3 Å². The normalized spacial score (nSPS) is 14.4. The number of amides is 1. The first-order valence-electron chi connectivity index (χ1n) is 13.3. The average Bonchev–Trinajstić information content (AvgIpc) is 3.60. The number of nitrogens with zero attached hydrogens (tertiary/aromatic N) is 7. The molecule has 4 heterocycles. The van der Waals surface area contributed by atoms with Crippen LogP contribution in [0, 0.1) is 0 Å². The summed E-state index contributed by atoms with van der Waals surface area (Å²) in [5, 5.41) is 7.55. The fourth-order valence-electron chi connectivity index (χ4n) is 5.18. The molecule has 1 fully saturated rings. The lowest BCUT2D eigenvalue weighted by Gasteiger charge is -2.28. The van der Waals surface area contributed by atoms with Gasteiger partial charge in [-0.3, -0.25) is 9.48 Å². The number of nitrogen functional groups attached to an aromatic ring is 1. The van der Waals surface area contributed by atoms with Gasteiger partial charge in [-0.05, 0) is 62.8 Å². The molecule has 0 bridgehead atoms. The van der Waals surface area contributed by atoms with Gasteiger partial charge in [-0.25, -0.2) is 15.0 Å². The number of fused-ring (bicyclic) bond motifs is 1. The molecule has 0 spiro atoms. The molecule has 0 aliphatic carbocycles. The Morgan fingerprint density at radius 1 is 1.10 bits per heavy atom. The van der Waals surface area contributed by atoms with Crippen molar-refractivity contribution in [1.29, 1.82) is 0 Å². The third-order valence-electron chi connectivity index (χ3n) is 7.42. The van der Waals surface area contributed by atoms with Gasteiger partial charge in [0.1, 0.15) is 5.69 Å². The molecule has 3 aromatic heterocycles. The lowest BCUT2D eigenvalue weighted by molar-refractivity contribution is -0.111. The number of nitrogens with one attached hydrogen (secondary N) is 1. The van der Waals surface area contributed by atoms with Crippen LogP contribution in [-0.2, 0) is 11.3 Å². The standard InChI is InChI=1S/C30H31N9O/c1-3-27(40)34-23-9-5-4-8-20(23)18-38-26-11-7-6-10-24(26)36-30(38)28-29(31)32-17-25(35-28)21-16-33-39(19-21)22-12-14-37(2)15-13-22/h3-11,16-17,19,22H,1,12-15,18H2,2H3,(H2,31,32)(H,34,40). The second-order valence-electron chi connectivity index (χ2n) is 10.1. The number of aromatic nitrogens is 6. The largest absolute Gasteiger partial charge is 0.382 e. The Morgan fingerprint density at radius 3 is 2.70 bits per heavy atom. The van der Waals surface area contributed by atoms with Crippen molar-refractivity contribution < 1.29 is 4.79 Å². The zero-order valence-electron chi connectivity index (χ0n) is 22.4. The highest BCUT2D eigenvalue weighted by atomic mass is 16.1. The third kappa shape index (κ3) is 4.96. The number of imidazole rings is 1. The minimum atomic E-state index is -0.272. The van der Waals surface area contributed by atoms with Crippen LogP contribution in [0.1, 0.15) is 24.4 Å². The van der Waals surface area contributed by atoms with Crippen LogP contribution < -0.4 is 11.1 Å². The molecule has 0 radical (unpaired) electrons. The van der Waals surface area contributed by atoms with Gasteiger partial charge in [-0.2, -0.15) is 5.10 Å². The molecule has 10 heteroatoms. The number of rotatable bonds is 7. The number of benzene rings is 2. The Labute approximate surface area is 232 Å². The molecule has 6 rings (SSSR count). The van der Waals surface area contributed by atoms with Gasteiger partial charge in [-0.15, -0.1) is 0 Å². The van der Waals surface area contributed by atoms with E-state index in [1.165, 1.54) is 6.08 Å². The number of hydrogen-bond acceptors (Lipinski definition) is 7. The average molecular weight is 534 g/mol. The molecule has 202 valence electrons. The Balaban J connectivity index is 1.39. The minimum absolute atomic E-state index is 0.272. The van der Waals surface area contributed by atoms with Crippen LogP contribution in [0.5, 0.6) is 0 Å². The fourth-order valence-corrected chi connectivity index (χ4v) is 5.18. The molecule has 3 N–H and O–H groups in total. The predicted molar refractivity (Wildman–Crippen MR) is 157 cm³/mol. The smallest absolute Gasteiger partial charge is 0.247 e. The molecule has 0 saturated carbocycles.